The van der Waals surface area contributed by atoms with Gasteiger partial charge in [0, 0.05) is 6.07 Å². The van der Waals surface area contributed by atoms with Crippen molar-refractivity contribution in [2.75, 3.05) is 6.61 Å². The number of ether oxygens (including phenoxy) is 2. The molecule has 0 saturated carbocycles. The molecule has 0 bridgehead atoms. The molecule has 78 valence electrons. The molecule has 0 amide bonds. The van der Waals surface area contributed by atoms with Crippen molar-refractivity contribution in [2.24, 2.45) is 0 Å². The number of hydrogen-bond donors (Lipinski definition) is 0. The van der Waals surface area contributed by atoms with Gasteiger partial charge in [0.25, 0.3) is 0 Å². The summed E-state index contributed by atoms with van der Waals surface area (Å²) in [5.41, 5.74) is 0.0878. The fourth-order valence-electron chi connectivity index (χ4n) is 1.42. The maximum absolute atomic E-state index is 8.79. The highest BCUT2D eigenvalue weighted by atomic mass is 35.5. The second kappa shape index (κ2) is 3.32. The van der Waals surface area contributed by atoms with Crippen molar-refractivity contribution in [2.45, 2.75) is 19.4 Å². The van der Waals surface area contributed by atoms with E-state index in [4.69, 9.17) is 26.3 Å². The standard InChI is InChI=1S/C11H10ClNO2/c1-11(2)6-14-10-8(12)3-7(5-13)4-9(10)15-11/h3-4H,6H2,1-2H3. The number of halogens is 1. The highest BCUT2D eigenvalue weighted by molar-refractivity contribution is 6.32. The van der Waals surface area contributed by atoms with Gasteiger partial charge in [0.2, 0.25) is 0 Å². The van der Waals surface area contributed by atoms with Crippen LogP contribution in [0.15, 0.2) is 12.1 Å². The number of hydrogen-bond acceptors (Lipinski definition) is 3. The van der Waals surface area contributed by atoms with Gasteiger partial charge in [-0.15, -0.1) is 0 Å². The second-order valence-electron chi connectivity index (χ2n) is 4.05. The van der Waals surface area contributed by atoms with E-state index in [0.717, 1.165) is 0 Å². The predicted octanol–water partition coefficient (Wildman–Crippen LogP) is 2.76. The summed E-state index contributed by atoms with van der Waals surface area (Å²) in [5, 5.41) is 9.20. The number of nitriles is 1. The Bertz CT molecular complexity index is 449. The number of benzene rings is 1. The van der Waals surface area contributed by atoms with Crippen LogP contribution in [0.2, 0.25) is 5.02 Å². The van der Waals surface area contributed by atoms with Crippen LogP contribution in [0.1, 0.15) is 19.4 Å². The van der Waals surface area contributed by atoms with Gasteiger partial charge in [-0.2, -0.15) is 5.26 Å². The lowest BCUT2D eigenvalue weighted by molar-refractivity contribution is 0.0214. The van der Waals surface area contributed by atoms with E-state index in [2.05, 4.69) is 0 Å². The van der Waals surface area contributed by atoms with Crippen LogP contribution in [0.5, 0.6) is 11.5 Å². The third kappa shape index (κ3) is 1.86. The largest absolute Gasteiger partial charge is 0.484 e. The van der Waals surface area contributed by atoms with Crippen LogP contribution >= 0.6 is 11.6 Å². The average Bonchev–Trinajstić information content (AvgIpc) is 2.15. The molecule has 0 radical (unpaired) electrons. The Kier molecular flexibility index (Phi) is 2.24. The first-order valence-electron chi connectivity index (χ1n) is 4.57. The van der Waals surface area contributed by atoms with Crippen LogP contribution < -0.4 is 9.47 Å². The maximum Gasteiger partial charge on any atom is 0.180 e. The molecule has 0 atom stereocenters. The minimum Gasteiger partial charge on any atom is -0.484 e. The van der Waals surface area contributed by atoms with Crippen molar-refractivity contribution >= 4 is 11.6 Å². The Morgan fingerprint density at radius 1 is 1.47 bits per heavy atom. The van der Waals surface area contributed by atoms with Gasteiger partial charge < -0.3 is 9.47 Å². The highest BCUT2D eigenvalue weighted by Gasteiger charge is 2.29. The van der Waals surface area contributed by atoms with Crippen LogP contribution in [0.4, 0.5) is 0 Å². The van der Waals surface area contributed by atoms with Gasteiger partial charge in [0.1, 0.15) is 12.2 Å². The van der Waals surface area contributed by atoms with E-state index >= 15 is 0 Å². The van der Waals surface area contributed by atoms with Crippen LogP contribution in [-0.4, -0.2) is 12.2 Å². The smallest absolute Gasteiger partial charge is 0.180 e. The molecule has 4 heteroatoms. The monoisotopic (exact) mass is 223 g/mol. The lowest BCUT2D eigenvalue weighted by Crippen LogP contribution is -2.38. The summed E-state index contributed by atoms with van der Waals surface area (Å²) in [7, 11) is 0. The normalized spacial score (nSPS) is 16.9. The van der Waals surface area contributed by atoms with Crippen LogP contribution in [0, 0.1) is 11.3 Å². The molecule has 0 aromatic heterocycles. The van der Waals surface area contributed by atoms with Crippen molar-refractivity contribution < 1.29 is 9.47 Å². The van der Waals surface area contributed by atoms with Gasteiger partial charge in [0.15, 0.2) is 11.5 Å². The zero-order valence-corrected chi connectivity index (χ0v) is 9.26. The van der Waals surface area contributed by atoms with E-state index in [1.807, 2.05) is 19.9 Å². The van der Waals surface area contributed by atoms with E-state index in [1.165, 1.54) is 0 Å². The molecule has 0 unspecified atom stereocenters. The molecule has 2 rings (SSSR count). The summed E-state index contributed by atoms with van der Waals surface area (Å²) in [4.78, 5) is 0. The number of rotatable bonds is 0. The molecule has 1 aromatic rings. The lowest BCUT2D eigenvalue weighted by atomic mass is 10.1. The lowest BCUT2D eigenvalue weighted by Gasteiger charge is -2.32. The summed E-state index contributed by atoms with van der Waals surface area (Å²) < 4.78 is 11.2. The molecule has 15 heavy (non-hydrogen) atoms. The van der Waals surface area contributed by atoms with Gasteiger partial charge >= 0.3 is 0 Å². The van der Waals surface area contributed by atoms with Crippen LogP contribution in [0.25, 0.3) is 0 Å². The molecule has 1 aromatic carbocycles. The van der Waals surface area contributed by atoms with E-state index in [-0.39, 0.29) is 5.60 Å². The van der Waals surface area contributed by atoms with Gasteiger partial charge in [-0.05, 0) is 19.9 Å². The SMILES string of the molecule is CC1(C)COc2c(Cl)cc(C#N)cc2O1. The number of nitrogens with zero attached hydrogens (tertiary/aromatic N) is 1. The third-order valence-electron chi connectivity index (χ3n) is 2.09. The Labute approximate surface area is 93.2 Å². The molecule has 3 nitrogen and oxygen atoms in total. The molecule has 0 fully saturated rings. The van der Waals surface area contributed by atoms with E-state index in [9.17, 15) is 0 Å². The van der Waals surface area contributed by atoms with Crippen LogP contribution in [-0.2, 0) is 0 Å². The zero-order valence-electron chi connectivity index (χ0n) is 8.50. The van der Waals surface area contributed by atoms with Crippen molar-refractivity contribution in [3.63, 3.8) is 0 Å². The molecule has 0 aliphatic carbocycles. The third-order valence-corrected chi connectivity index (χ3v) is 2.37. The second-order valence-corrected chi connectivity index (χ2v) is 4.45. The minimum atomic E-state index is -0.385. The molecule has 1 heterocycles. The molecular weight excluding hydrogens is 214 g/mol. The maximum atomic E-state index is 8.79. The number of fused-ring (bicyclic) bond motifs is 1. The predicted molar refractivity (Wildman–Crippen MR) is 56.4 cm³/mol. The topological polar surface area (TPSA) is 42.2 Å². The first-order valence-corrected chi connectivity index (χ1v) is 4.95. The van der Waals surface area contributed by atoms with Gasteiger partial charge in [-0.1, -0.05) is 11.6 Å². The van der Waals surface area contributed by atoms with E-state index < -0.39 is 0 Å². The van der Waals surface area contributed by atoms with E-state index in [0.29, 0.717) is 28.7 Å². The first kappa shape index (κ1) is 10.1. The van der Waals surface area contributed by atoms with Crippen molar-refractivity contribution in [3.05, 3.63) is 22.7 Å². The van der Waals surface area contributed by atoms with Crippen molar-refractivity contribution in [3.8, 4) is 17.6 Å². The summed E-state index contributed by atoms with van der Waals surface area (Å²) in [6.45, 7) is 4.29. The fraction of sp³-hybridized carbons (Fsp3) is 0.364. The molecular formula is C11H10ClNO2. The molecule has 1 aliphatic rings. The summed E-state index contributed by atoms with van der Waals surface area (Å²) in [6.07, 6.45) is 0. The molecule has 0 saturated heterocycles. The highest BCUT2D eigenvalue weighted by Crippen LogP contribution is 2.41. The van der Waals surface area contributed by atoms with Gasteiger partial charge in [-0.3, -0.25) is 0 Å². The van der Waals surface area contributed by atoms with Gasteiger partial charge in [0.05, 0.1) is 16.7 Å². The summed E-state index contributed by atoms with van der Waals surface area (Å²) in [6, 6.07) is 5.24. The fourth-order valence-corrected chi connectivity index (χ4v) is 1.69. The Hall–Kier alpha value is -1.40. The van der Waals surface area contributed by atoms with E-state index in [1.54, 1.807) is 12.1 Å². The summed E-state index contributed by atoms with van der Waals surface area (Å²) >= 11 is 5.96. The first-order chi connectivity index (χ1) is 7.02. The molecule has 0 N–H and O–H groups in total. The summed E-state index contributed by atoms with van der Waals surface area (Å²) in [5.74, 6) is 1.06. The van der Waals surface area contributed by atoms with Crippen LogP contribution in [0.3, 0.4) is 0 Å². The van der Waals surface area contributed by atoms with Gasteiger partial charge in [-0.25, -0.2) is 0 Å². The Morgan fingerprint density at radius 2 is 2.20 bits per heavy atom. The Balaban J connectivity index is 2.50. The molecule has 0 spiro atoms. The Morgan fingerprint density at radius 3 is 2.87 bits per heavy atom. The average molecular weight is 224 g/mol. The van der Waals surface area contributed by atoms with Crippen molar-refractivity contribution in [1.29, 1.82) is 5.26 Å². The minimum absolute atomic E-state index is 0.385. The zero-order chi connectivity index (χ0) is 11.1. The molecule has 1 aliphatic heterocycles. The quantitative estimate of drug-likeness (QED) is 0.679. The van der Waals surface area contributed by atoms with Crippen molar-refractivity contribution in [1.82, 2.24) is 0 Å².